The Morgan fingerprint density at radius 2 is 1.95 bits per heavy atom. The number of hydrogen-bond donors (Lipinski definition) is 1. The van der Waals surface area contributed by atoms with Gasteiger partial charge in [-0.3, -0.25) is 14.9 Å². The van der Waals surface area contributed by atoms with Crippen LogP contribution in [-0.4, -0.2) is 21.7 Å². The lowest BCUT2D eigenvalue weighted by Crippen LogP contribution is -2.05. The van der Waals surface area contributed by atoms with Crippen LogP contribution in [0.5, 0.6) is 0 Å². The summed E-state index contributed by atoms with van der Waals surface area (Å²) in [5.41, 5.74) is 1.19. The van der Waals surface area contributed by atoms with Crippen molar-refractivity contribution >= 4 is 17.4 Å². The fraction of sp³-hybridized carbons (Fsp3) is 0.143. The Hall–Kier alpha value is -2.96. The zero-order valence-corrected chi connectivity index (χ0v) is 11.2. The molecule has 7 nitrogen and oxygen atoms in total. The average molecular weight is 288 g/mol. The van der Waals surface area contributed by atoms with Crippen LogP contribution < -0.4 is 0 Å². The number of nitro groups is 1. The predicted octanol–water partition coefficient (Wildman–Crippen LogP) is 2.48. The number of non-ortho nitro benzene ring substituents is 1. The standard InChI is InChI=1S/C14H12N2O5/c1-9(17)11-6-13(15-7-11)14(18)21-8-10-2-4-12(5-3-10)16(19)20/h2-7,15H,8H2,1H3. The highest BCUT2D eigenvalue weighted by Crippen LogP contribution is 2.13. The molecule has 1 N–H and O–H groups in total. The highest BCUT2D eigenvalue weighted by molar-refractivity contribution is 5.97. The van der Waals surface area contributed by atoms with Crippen LogP contribution in [0.25, 0.3) is 0 Å². The molecule has 0 atom stereocenters. The lowest BCUT2D eigenvalue weighted by molar-refractivity contribution is -0.384. The zero-order valence-electron chi connectivity index (χ0n) is 11.2. The van der Waals surface area contributed by atoms with Crippen molar-refractivity contribution in [2.75, 3.05) is 0 Å². The first-order valence-electron chi connectivity index (χ1n) is 6.07. The average Bonchev–Trinajstić information content (AvgIpc) is 2.95. The summed E-state index contributed by atoms with van der Waals surface area (Å²) < 4.78 is 5.06. The number of ether oxygens (including phenoxy) is 1. The van der Waals surface area contributed by atoms with Crippen molar-refractivity contribution < 1.29 is 19.2 Å². The van der Waals surface area contributed by atoms with Crippen LogP contribution in [0.1, 0.15) is 33.3 Å². The number of rotatable bonds is 5. The summed E-state index contributed by atoms with van der Waals surface area (Å²) >= 11 is 0. The van der Waals surface area contributed by atoms with E-state index in [4.69, 9.17) is 4.74 Å². The fourth-order valence-corrected chi connectivity index (χ4v) is 1.66. The van der Waals surface area contributed by atoms with Crippen molar-refractivity contribution in [1.29, 1.82) is 0 Å². The smallest absolute Gasteiger partial charge is 0.355 e. The molecule has 0 spiro atoms. The third-order valence-corrected chi connectivity index (χ3v) is 2.83. The van der Waals surface area contributed by atoms with Gasteiger partial charge in [0.25, 0.3) is 5.69 Å². The molecule has 0 fully saturated rings. The molecule has 0 unspecified atom stereocenters. The molecule has 0 saturated carbocycles. The van der Waals surface area contributed by atoms with Gasteiger partial charge in [0, 0.05) is 23.9 Å². The molecule has 0 aliphatic carbocycles. The van der Waals surface area contributed by atoms with Gasteiger partial charge in [-0.05, 0) is 30.7 Å². The minimum atomic E-state index is -0.596. The molecule has 0 amide bonds. The summed E-state index contributed by atoms with van der Waals surface area (Å²) in [5, 5.41) is 10.5. The third-order valence-electron chi connectivity index (χ3n) is 2.83. The lowest BCUT2D eigenvalue weighted by atomic mass is 10.2. The van der Waals surface area contributed by atoms with Gasteiger partial charge in [0.15, 0.2) is 5.78 Å². The molecule has 0 aliphatic rings. The van der Waals surface area contributed by atoms with E-state index < -0.39 is 10.9 Å². The first kappa shape index (κ1) is 14.4. The summed E-state index contributed by atoms with van der Waals surface area (Å²) in [4.78, 5) is 35.5. The highest BCUT2D eigenvalue weighted by Gasteiger charge is 2.12. The van der Waals surface area contributed by atoms with Crippen LogP contribution in [0.3, 0.4) is 0 Å². The van der Waals surface area contributed by atoms with Crippen LogP contribution in [-0.2, 0) is 11.3 Å². The summed E-state index contributed by atoms with van der Waals surface area (Å²) in [6.45, 7) is 1.39. The van der Waals surface area contributed by atoms with E-state index in [1.807, 2.05) is 0 Å². The molecule has 0 aliphatic heterocycles. The van der Waals surface area contributed by atoms with Gasteiger partial charge >= 0.3 is 5.97 Å². The van der Waals surface area contributed by atoms with Crippen molar-refractivity contribution in [2.45, 2.75) is 13.5 Å². The maximum absolute atomic E-state index is 11.8. The van der Waals surface area contributed by atoms with Crippen molar-refractivity contribution in [1.82, 2.24) is 4.98 Å². The maximum Gasteiger partial charge on any atom is 0.355 e. The Kier molecular flexibility index (Phi) is 4.13. The number of esters is 1. The Bertz CT molecular complexity index is 688. The van der Waals surface area contributed by atoms with E-state index >= 15 is 0 Å². The van der Waals surface area contributed by atoms with Gasteiger partial charge in [0.1, 0.15) is 12.3 Å². The molecule has 21 heavy (non-hydrogen) atoms. The minimum Gasteiger partial charge on any atom is -0.456 e. The monoisotopic (exact) mass is 288 g/mol. The Morgan fingerprint density at radius 1 is 1.29 bits per heavy atom. The van der Waals surface area contributed by atoms with E-state index in [9.17, 15) is 19.7 Å². The number of ketones is 1. The number of aromatic nitrogens is 1. The van der Waals surface area contributed by atoms with Gasteiger partial charge in [0.2, 0.25) is 0 Å². The lowest BCUT2D eigenvalue weighted by Gasteiger charge is -2.03. The first-order chi connectivity index (χ1) is 9.97. The first-order valence-corrected chi connectivity index (χ1v) is 6.07. The number of Topliss-reactive ketones (excluding diaryl/α,β-unsaturated/α-hetero) is 1. The van der Waals surface area contributed by atoms with Gasteiger partial charge in [-0.15, -0.1) is 0 Å². The molecule has 2 aromatic rings. The molecule has 2 rings (SSSR count). The minimum absolute atomic E-state index is 0.00868. The number of H-pyrrole nitrogens is 1. The highest BCUT2D eigenvalue weighted by atomic mass is 16.6. The number of nitrogens with one attached hydrogen (secondary N) is 1. The number of carbonyl (C=O) groups excluding carboxylic acids is 2. The van der Waals surface area contributed by atoms with E-state index in [1.54, 1.807) is 0 Å². The van der Waals surface area contributed by atoms with E-state index in [0.717, 1.165) is 0 Å². The molecule has 7 heteroatoms. The normalized spacial score (nSPS) is 10.1. The van der Waals surface area contributed by atoms with E-state index in [2.05, 4.69) is 4.98 Å². The molecule has 0 saturated heterocycles. The SMILES string of the molecule is CC(=O)c1c[nH]c(C(=O)OCc2ccc([N+](=O)[O-])cc2)c1. The molecular weight excluding hydrogens is 276 g/mol. The molecule has 1 heterocycles. The number of carbonyl (C=O) groups is 2. The van der Waals surface area contributed by atoms with Crippen LogP contribution >= 0.6 is 0 Å². The van der Waals surface area contributed by atoms with Gasteiger partial charge in [0.05, 0.1) is 4.92 Å². The van der Waals surface area contributed by atoms with E-state index in [-0.39, 0.29) is 23.8 Å². The topological polar surface area (TPSA) is 102 Å². The van der Waals surface area contributed by atoms with Crippen LogP contribution in [0, 0.1) is 10.1 Å². The van der Waals surface area contributed by atoms with Crippen molar-refractivity contribution in [3.63, 3.8) is 0 Å². The number of nitrogens with zero attached hydrogens (tertiary/aromatic N) is 1. The molecule has 0 bridgehead atoms. The maximum atomic E-state index is 11.8. The second-order valence-electron chi connectivity index (χ2n) is 4.36. The number of nitro benzene ring substituents is 1. The van der Waals surface area contributed by atoms with Gasteiger partial charge in [-0.25, -0.2) is 4.79 Å². The molecule has 1 aromatic heterocycles. The molecule has 1 aromatic carbocycles. The summed E-state index contributed by atoms with van der Waals surface area (Å²) in [6.07, 6.45) is 1.44. The largest absolute Gasteiger partial charge is 0.456 e. The Balaban J connectivity index is 1.97. The third kappa shape index (κ3) is 3.53. The molecule has 0 radical (unpaired) electrons. The number of hydrogen-bond acceptors (Lipinski definition) is 5. The van der Waals surface area contributed by atoms with Gasteiger partial charge in [-0.2, -0.15) is 0 Å². The number of benzene rings is 1. The second kappa shape index (κ2) is 6.00. The van der Waals surface area contributed by atoms with Crippen molar-refractivity contribution in [3.8, 4) is 0 Å². The second-order valence-corrected chi connectivity index (χ2v) is 4.36. The summed E-state index contributed by atoms with van der Waals surface area (Å²) in [6, 6.07) is 7.13. The predicted molar refractivity (Wildman–Crippen MR) is 73.0 cm³/mol. The summed E-state index contributed by atoms with van der Waals surface area (Å²) in [7, 11) is 0. The van der Waals surface area contributed by atoms with E-state index in [1.165, 1.54) is 43.5 Å². The molecule has 108 valence electrons. The van der Waals surface area contributed by atoms with Crippen molar-refractivity contribution in [2.24, 2.45) is 0 Å². The van der Waals surface area contributed by atoms with Crippen LogP contribution in [0.2, 0.25) is 0 Å². The molecular formula is C14H12N2O5. The fourth-order valence-electron chi connectivity index (χ4n) is 1.66. The van der Waals surface area contributed by atoms with E-state index in [0.29, 0.717) is 11.1 Å². The Labute approximate surface area is 119 Å². The number of aromatic amines is 1. The Morgan fingerprint density at radius 3 is 2.48 bits per heavy atom. The quantitative estimate of drug-likeness (QED) is 0.394. The van der Waals surface area contributed by atoms with Gasteiger partial charge in [-0.1, -0.05) is 0 Å². The van der Waals surface area contributed by atoms with Crippen LogP contribution in [0.4, 0.5) is 5.69 Å². The van der Waals surface area contributed by atoms with Gasteiger partial charge < -0.3 is 9.72 Å². The summed E-state index contributed by atoms with van der Waals surface area (Å²) in [5.74, 6) is -0.749. The zero-order chi connectivity index (χ0) is 15.4. The van der Waals surface area contributed by atoms with Crippen LogP contribution in [0.15, 0.2) is 36.5 Å². The van der Waals surface area contributed by atoms with Crippen molar-refractivity contribution in [3.05, 3.63) is 63.5 Å².